The highest BCUT2D eigenvalue weighted by molar-refractivity contribution is 6.00. The maximum absolute atomic E-state index is 11.9. The molecule has 1 aromatic carbocycles. The number of hydrogen-bond acceptors (Lipinski definition) is 4. The van der Waals surface area contributed by atoms with Crippen molar-refractivity contribution in [2.24, 2.45) is 0 Å². The van der Waals surface area contributed by atoms with Crippen LogP contribution < -0.4 is 11.1 Å². The second-order valence-corrected chi connectivity index (χ2v) is 3.97. The van der Waals surface area contributed by atoms with E-state index in [0.29, 0.717) is 17.8 Å². The largest absolute Gasteiger partial charge is 0.399 e. The number of nitrogens with two attached hydrogens (primary N) is 1. The predicted molar refractivity (Wildman–Crippen MR) is 64.3 cm³/mol. The molecule has 4 N–H and O–H groups in total. The van der Waals surface area contributed by atoms with Crippen LogP contribution in [0, 0.1) is 0 Å². The van der Waals surface area contributed by atoms with Crippen LogP contribution in [0.4, 0.5) is 5.69 Å². The van der Waals surface area contributed by atoms with Gasteiger partial charge in [0.25, 0.3) is 0 Å². The summed E-state index contributed by atoms with van der Waals surface area (Å²) in [6, 6.07) is 6.51. The number of benzene rings is 1. The Morgan fingerprint density at radius 3 is 2.44 bits per heavy atom. The third kappa shape index (κ3) is 3.64. The third-order valence-electron chi connectivity index (χ3n) is 2.31. The van der Waals surface area contributed by atoms with Crippen molar-refractivity contribution in [3.05, 3.63) is 29.8 Å². The molecule has 1 aromatic rings. The fraction of sp³-hybridized carbons (Fsp3) is 0.417. The molecule has 2 atom stereocenters. The first-order valence-corrected chi connectivity index (χ1v) is 5.32. The molecule has 0 aliphatic carbocycles. The molecule has 0 radical (unpaired) electrons. The van der Waals surface area contributed by atoms with E-state index in [1.165, 1.54) is 0 Å². The number of carbonyl (C=O) groups is 1. The van der Waals surface area contributed by atoms with Gasteiger partial charge in [0.1, 0.15) is 0 Å². The minimum Gasteiger partial charge on any atom is -0.399 e. The Morgan fingerprint density at radius 1 is 1.38 bits per heavy atom. The van der Waals surface area contributed by atoms with Gasteiger partial charge >= 0.3 is 0 Å². The summed E-state index contributed by atoms with van der Waals surface area (Å²) in [7, 11) is 0. The fourth-order valence-corrected chi connectivity index (χ4v) is 1.34. The molecule has 0 saturated heterocycles. The summed E-state index contributed by atoms with van der Waals surface area (Å²) in [5.74, 6) is 0.000602. The second kappa shape index (κ2) is 5.63. The number of anilines is 1. The van der Waals surface area contributed by atoms with Crippen molar-refractivity contribution in [3.8, 4) is 0 Å². The fourth-order valence-electron chi connectivity index (χ4n) is 1.34. The van der Waals surface area contributed by atoms with Gasteiger partial charge in [-0.1, -0.05) is 0 Å². The number of ketones is 1. The number of rotatable bonds is 5. The third-order valence-corrected chi connectivity index (χ3v) is 2.31. The van der Waals surface area contributed by atoms with Gasteiger partial charge in [-0.3, -0.25) is 4.79 Å². The summed E-state index contributed by atoms with van der Waals surface area (Å²) in [5.41, 5.74) is 6.81. The van der Waals surface area contributed by atoms with Gasteiger partial charge in [-0.15, -0.1) is 0 Å². The van der Waals surface area contributed by atoms with Crippen LogP contribution in [0.15, 0.2) is 24.3 Å². The molecule has 16 heavy (non-hydrogen) atoms. The Bertz CT molecular complexity index is 347. The summed E-state index contributed by atoms with van der Waals surface area (Å²) >= 11 is 0. The van der Waals surface area contributed by atoms with Crippen molar-refractivity contribution in [3.63, 3.8) is 0 Å². The van der Waals surface area contributed by atoms with Gasteiger partial charge in [-0.2, -0.15) is 0 Å². The zero-order valence-corrected chi connectivity index (χ0v) is 9.60. The summed E-state index contributed by atoms with van der Waals surface area (Å²) in [4.78, 5) is 11.9. The van der Waals surface area contributed by atoms with E-state index < -0.39 is 6.10 Å². The molecular weight excluding hydrogens is 204 g/mol. The first-order valence-electron chi connectivity index (χ1n) is 5.32. The van der Waals surface area contributed by atoms with E-state index in [4.69, 9.17) is 10.8 Å². The van der Waals surface area contributed by atoms with Crippen LogP contribution in [-0.2, 0) is 0 Å². The molecular formula is C12H18N2O2. The molecule has 0 aromatic heterocycles. The van der Waals surface area contributed by atoms with Gasteiger partial charge in [0.2, 0.25) is 0 Å². The zero-order valence-electron chi connectivity index (χ0n) is 9.60. The topological polar surface area (TPSA) is 75.3 Å². The van der Waals surface area contributed by atoms with E-state index in [1.807, 2.05) is 0 Å². The summed E-state index contributed by atoms with van der Waals surface area (Å²) in [5, 5.41) is 12.1. The predicted octanol–water partition coefficient (Wildman–Crippen LogP) is 0.810. The molecule has 0 aliphatic heterocycles. The van der Waals surface area contributed by atoms with E-state index in [9.17, 15) is 4.79 Å². The lowest BCUT2D eigenvalue weighted by Crippen LogP contribution is -2.38. The van der Waals surface area contributed by atoms with E-state index >= 15 is 0 Å². The summed E-state index contributed by atoms with van der Waals surface area (Å²) < 4.78 is 0. The lowest BCUT2D eigenvalue weighted by molar-refractivity contribution is 0.0941. The van der Waals surface area contributed by atoms with Gasteiger partial charge in [0.15, 0.2) is 5.78 Å². The Morgan fingerprint density at radius 2 is 1.94 bits per heavy atom. The minimum atomic E-state index is -0.457. The minimum absolute atomic E-state index is 0.000602. The average molecular weight is 222 g/mol. The molecule has 0 fully saturated rings. The first-order chi connectivity index (χ1) is 7.50. The van der Waals surface area contributed by atoms with Crippen molar-refractivity contribution >= 4 is 11.5 Å². The van der Waals surface area contributed by atoms with Crippen LogP contribution in [0.25, 0.3) is 0 Å². The summed E-state index contributed by atoms with van der Waals surface area (Å²) in [6.45, 7) is 3.86. The number of nitrogens with one attached hydrogen (secondary N) is 1. The molecule has 0 spiro atoms. The molecule has 4 nitrogen and oxygen atoms in total. The van der Waals surface area contributed by atoms with Crippen LogP contribution in [0.2, 0.25) is 0 Å². The number of Topliss-reactive ketones (excluding diaryl/α,β-unsaturated/α-hetero) is 1. The number of aliphatic hydroxyl groups excluding tert-OH is 1. The molecule has 88 valence electrons. The smallest absolute Gasteiger partial charge is 0.179 e. The average Bonchev–Trinajstić information content (AvgIpc) is 2.26. The molecule has 1 rings (SSSR count). The van der Waals surface area contributed by atoms with Crippen molar-refractivity contribution in [1.82, 2.24) is 5.32 Å². The quantitative estimate of drug-likeness (QED) is 0.509. The standard InChI is InChI=1S/C12H18N2O2/c1-8(15)7-14-9(2)12(16)10-3-5-11(13)6-4-10/h3-6,8-9,14-15H,7,13H2,1-2H3. The lowest BCUT2D eigenvalue weighted by atomic mass is 10.1. The highest BCUT2D eigenvalue weighted by atomic mass is 16.3. The zero-order chi connectivity index (χ0) is 12.1. The Kier molecular flexibility index (Phi) is 4.46. The van der Waals surface area contributed by atoms with Crippen molar-refractivity contribution in [1.29, 1.82) is 0 Å². The highest BCUT2D eigenvalue weighted by Crippen LogP contribution is 2.08. The molecule has 0 bridgehead atoms. The molecule has 4 heteroatoms. The number of aliphatic hydroxyl groups is 1. The molecule has 0 amide bonds. The van der Waals surface area contributed by atoms with E-state index in [1.54, 1.807) is 38.1 Å². The van der Waals surface area contributed by atoms with E-state index in [2.05, 4.69) is 5.32 Å². The molecule has 0 aliphatic rings. The van der Waals surface area contributed by atoms with Crippen LogP contribution in [0.1, 0.15) is 24.2 Å². The second-order valence-electron chi connectivity index (χ2n) is 3.97. The van der Waals surface area contributed by atoms with Gasteiger partial charge in [0, 0.05) is 17.8 Å². The maximum Gasteiger partial charge on any atom is 0.179 e. The monoisotopic (exact) mass is 222 g/mol. The lowest BCUT2D eigenvalue weighted by Gasteiger charge is -2.14. The number of hydrogen-bond donors (Lipinski definition) is 3. The van der Waals surface area contributed by atoms with E-state index in [-0.39, 0.29) is 11.8 Å². The first kappa shape index (κ1) is 12.7. The SMILES string of the molecule is CC(O)CNC(C)C(=O)c1ccc(N)cc1. The van der Waals surface area contributed by atoms with Gasteiger partial charge < -0.3 is 16.2 Å². The van der Waals surface area contributed by atoms with Crippen LogP contribution >= 0.6 is 0 Å². The van der Waals surface area contributed by atoms with Crippen molar-refractivity contribution in [2.45, 2.75) is 26.0 Å². The number of carbonyl (C=O) groups excluding carboxylic acids is 1. The van der Waals surface area contributed by atoms with Crippen LogP contribution in [0.5, 0.6) is 0 Å². The van der Waals surface area contributed by atoms with Gasteiger partial charge in [-0.25, -0.2) is 0 Å². The molecule has 2 unspecified atom stereocenters. The van der Waals surface area contributed by atoms with Crippen molar-refractivity contribution in [2.75, 3.05) is 12.3 Å². The van der Waals surface area contributed by atoms with Crippen molar-refractivity contribution < 1.29 is 9.90 Å². The Hall–Kier alpha value is -1.39. The van der Waals surface area contributed by atoms with E-state index in [0.717, 1.165) is 0 Å². The molecule has 0 heterocycles. The Labute approximate surface area is 95.5 Å². The van der Waals surface area contributed by atoms with Gasteiger partial charge in [-0.05, 0) is 38.1 Å². The maximum atomic E-state index is 11.9. The van der Waals surface area contributed by atoms with Crippen LogP contribution in [-0.4, -0.2) is 29.6 Å². The molecule has 0 saturated carbocycles. The highest BCUT2D eigenvalue weighted by Gasteiger charge is 2.14. The van der Waals surface area contributed by atoms with Crippen LogP contribution in [0.3, 0.4) is 0 Å². The number of nitrogen functional groups attached to an aromatic ring is 1. The Balaban J connectivity index is 2.60. The normalized spacial score (nSPS) is 14.4. The van der Waals surface area contributed by atoms with Gasteiger partial charge in [0.05, 0.1) is 12.1 Å². The summed E-state index contributed by atoms with van der Waals surface area (Å²) in [6.07, 6.45) is -0.457.